The fraction of sp³-hybridized carbons (Fsp3) is 0.273. The number of nitrogens with one attached hydrogen (secondary N) is 1. The number of H-pyrrole nitrogens is 1. The summed E-state index contributed by atoms with van der Waals surface area (Å²) in [5.41, 5.74) is 4.02. The fourth-order valence-corrected chi connectivity index (χ4v) is 1.66. The molecule has 62 valence electrons. The normalized spacial score (nSPS) is 10.8. The highest BCUT2D eigenvalue weighted by Crippen LogP contribution is 2.20. The van der Waals surface area contributed by atoms with Crippen molar-refractivity contribution in [2.24, 2.45) is 0 Å². The van der Waals surface area contributed by atoms with Gasteiger partial charge in [0, 0.05) is 17.1 Å². The number of para-hydroxylation sites is 1. The molecule has 1 aromatic carbocycles. The van der Waals surface area contributed by atoms with Crippen LogP contribution >= 0.6 is 0 Å². The predicted octanol–water partition coefficient (Wildman–Crippen LogP) is 3.04. The Morgan fingerprint density at radius 2 is 2.17 bits per heavy atom. The summed E-state index contributed by atoms with van der Waals surface area (Å²) in [6, 6.07) is 6.43. The number of aryl methyl sites for hydroxylation is 2. The summed E-state index contributed by atoms with van der Waals surface area (Å²) in [6.07, 6.45) is 3.21. The molecular weight excluding hydrogens is 146 g/mol. The molecule has 1 aromatic heterocycles. The molecule has 0 saturated carbocycles. The molecule has 0 aliphatic carbocycles. The zero-order valence-corrected chi connectivity index (χ0v) is 7.52. The minimum atomic E-state index is 1.10. The second kappa shape index (κ2) is 2.67. The first-order chi connectivity index (χ1) is 5.83. The summed E-state index contributed by atoms with van der Waals surface area (Å²) in [5, 5.41) is 1.37. The highest BCUT2D eigenvalue weighted by molar-refractivity contribution is 5.85. The van der Waals surface area contributed by atoms with Crippen LogP contribution in [0, 0.1) is 6.92 Å². The lowest BCUT2D eigenvalue weighted by Crippen LogP contribution is -1.76. The number of rotatable bonds is 1. The van der Waals surface area contributed by atoms with Crippen LogP contribution in [-0.2, 0) is 6.42 Å². The van der Waals surface area contributed by atoms with E-state index in [4.69, 9.17) is 0 Å². The molecule has 0 amide bonds. The van der Waals surface area contributed by atoms with E-state index in [1.807, 2.05) is 0 Å². The Bertz CT molecular complexity index is 398. The maximum atomic E-state index is 3.31. The van der Waals surface area contributed by atoms with Gasteiger partial charge >= 0.3 is 0 Å². The third-order valence-corrected chi connectivity index (χ3v) is 2.39. The zero-order chi connectivity index (χ0) is 8.55. The number of aromatic nitrogens is 1. The maximum absolute atomic E-state index is 3.31. The molecule has 2 aromatic rings. The lowest BCUT2D eigenvalue weighted by atomic mass is 10.1. The van der Waals surface area contributed by atoms with Crippen LogP contribution in [0.2, 0.25) is 0 Å². The third-order valence-electron chi connectivity index (χ3n) is 2.39. The number of fused-ring (bicyclic) bond motifs is 1. The van der Waals surface area contributed by atoms with Gasteiger partial charge in [-0.05, 0) is 24.5 Å². The molecule has 0 unspecified atom stereocenters. The molecule has 0 bridgehead atoms. The van der Waals surface area contributed by atoms with Crippen molar-refractivity contribution in [3.63, 3.8) is 0 Å². The van der Waals surface area contributed by atoms with Crippen molar-refractivity contribution in [3.8, 4) is 0 Å². The van der Waals surface area contributed by atoms with Gasteiger partial charge in [-0.25, -0.2) is 0 Å². The Kier molecular flexibility index (Phi) is 1.65. The quantitative estimate of drug-likeness (QED) is 0.658. The SMILES string of the molecule is CCc1c[nH]c2c(C)cccc12. The first kappa shape index (κ1) is 7.41. The minimum Gasteiger partial charge on any atom is -0.361 e. The van der Waals surface area contributed by atoms with Crippen molar-refractivity contribution in [1.82, 2.24) is 4.98 Å². The van der Waals surface area contributed by atoms with Gasteiger partial charge in [0.25, 0.3) is 0 Å². The molecule has 0 saturated heterocycles. The average molecular weight is 159 g/mol. The van der Waals surface area contributed by atoms with E-state index >= 15 is 0 Å². The Morgan fingerprint density at radius 3 is 2.92 bits per heavy atom. The Morgan fingerprint density at radius 1 is 1.33 bits per heavy atom. The highest BCUT2D eigenvalue weighted by Gasteiger charge is 2.01. The van der Waals surface area contributed by atoms with E-state index in [-0.39, 0.29) is 0 Å². The summed E-state index contributed by atoms with van der Waals surface area (Å²) < 4.78 is 0. The molecule has 12 heavy (non-hydrogen) atoms. The fourth-order valence-electron chi connectivity index (χ4n) is 1.66. The zero-order valence-electron chi connectivity index (χ0n) is 7.52. The molecule has 0 aliphatic rings. The van der Waals surface area contributed by atoms with Gasteiger partial charge in [0.1, 0.15) is 0 Å². The van der Waals surface area contributed by atoms with E-state index in [0.29, 0.717) is 0 Å². The molecule has 0 spiro atoms. The van der Waals surface area contributed by atoms with Crippen LogP contribution in [0.3, 0.4) is 0 Å². The monoisotopic (exact) mass is 159 g/mol. The van der Waals surface area contributed by atoms with Crippen LogP contribution in [0.1, 0.15) is 18.1 Å². The van der Waals surface area contributed by atoms with Crippen molar-refractivity contribution in [1.29, 1.82) is 0 Å². The number of hydrogen-bond donors (Lipinski definition) is 1. The van der Waals surface area contributed by atoms with E-state index in [1.165, 1.54) is 22.0 Å². The second-order valence-corrected chi connectivity index (χ2v) is 3.16. The predicted molar refractivity (Wildman–Crippen MR) is 52.4 cm³/mol. The van der Waals surface area contributed by atoms with Gasteiger partial charge in [0.05, 0.1) is 0 Å². The molecule has 1 nitrogen and oxygen atoms in total. The summed E-state index contributed by atoms with van der Waals surface area (Å²) in [5.74, 6) is 0. The molecular formula is C11H13N. The second-order valence-electron chi connectivity index (χ2n) is 3.16. The molecule has 0 radical (unpaired) electrons. The van der Waals surface area contributed by atoms with E-state index in [9.17, 15) is 0 Å². The molecule has 0 aliphatic heterocycles. The molecule has 1 heterocycles. The van der Waals surface area contributed by atoms with Crippen molar-refractivity contribution in [3.05, 3.63) is 35.5 Å². The van der Waals surface area contributed by atoms with Gasteiger partial charge in [-0.3, -0.25) is 0 Å². The number of benzene rings is 1. The van der Waals surface area contributed by atoms with Crippen LogP contribution in [0.5, 0.6) is 0 Å². The van der Waals surface area contributed by atoms with E-state index in [1.54, 1.807) is 0 Å². The topological polar surface area (TPSA) is 15.8 Å². The summed E-state index contributed by atoms with van der Waals surface area (Å²) in [7, 11) is 0. The molecule has 0 atom stereocenters. The van der Waals surface area contributed by atoms with E-state index < -0.39 is 0 Å². The van der Waals surface area contributed by atoms with Gasteiger partial charge < -0.3 is 4.98 Å². The number of aromatic amines is 1. The Hall–Kier alpha value is -1.24. The van der Waals surface area contributed by atoms with Gasteiger partial charge in [0.2, 0.25) is 0 Å². The first-order valence-corrected chi connectivity index (χ1v) is 4.38. The summed E-state index contributed by atoms with van der Waals surface area (Å²) >= 11 is 0. The van der Waals surface area contributed by atoms with Crippen LogP contribution in [-0.4, -0.2) is 4.98 Å². The van der Waals surface area contributed by atoms with Gasteiger partial charge in [-0.2, -0.15) is 0 Å². The molecule has 1 N–H and O–H groups in total. The molecule has 1 heteroatoms. The third kappa shape index (κ3) is 0.934. The standard InChI is InChI=1S/C11H13N/c1-3-9-7-12-11-8(2)5-4-6-10(9)11/h4-7,12H,3H2,1-2H3. The van der Waals surface area contributed by atoms with Crippen LogP contribution in [0.25, 0.3) is 10.9 Å². The van der Waals surface area contributed by atoms with E-state index in [0.717, 1.165) is 6.42 Å². The van der Waals surface area contributed by atoms with Gasteiger partial charge in [-0.1, -0.05) is 25.1 Å². The Labute approximate surface area is 72.4 Å². The van der Waals surface area contributed by atoms with Crippen LogP contribution in [0.4, 0.5) is 0 Å². The van der Waals surface area contributed by atoms with Crippen molar-refractivity contribution < 1.29 is 0 Å². The average Bonchev–Trinajstić information content (AvgIpc) is 2.49. The highest BCUT2D eigenvalue weighted by atomic mass is 14.7. The van der Waals surface area contributed by atoms with Crippen molar-refractivity contribution >= 4 is 10.9 Å². The largest absolute Gasteiger partial charge is 0.361 e. The van der Waals surface area contributed by atoms with Gasteiger partial charge in [0.15, 0.2) is 0 Å². The van der Waals surface area contributed by atoms with E-state index in [2.05, 4.69) is 43.2 Å². The van der Waals surface area contributed by atoms with Crippen LogP contribution < -0.4 is 0 Å². The lowest BCUT2D eigenvalue weighted by molar-refractivity contribution is 1.15. The summed E-state index contributed by atoms with van der Waals surface area (Å²) in [4.78, 5) is 3.31. The van der Waals surface area contributed by atoms with Crippen molar-refractivity contribution in [2.75, 3.05) is 0 Å². The van der Waals surface area contributed by atoms with Gasteiger partial charge in [-0.15, -0.1) is 0 Å². The Balaban J connectivity index is 2.80. The smallest absolute Gasteiger partial charge is 0.0486 e. The maximum Gasteiger partial charge on any atom is 0.0486 e. The first-order valence-electron chi connectivity index (χ1n) is 4.38. The molecule has 0 fully saturated rings. The number of hydrogen-bond acceptors (Lipinski definition) is 0. The van der Waals surface area contributed by atoms with Crippen LogP contribution in [0.15, 0.2) is 24.4 Å². The lowest BCUT2D eigenvalue weighted by Gasteiger charge is -1.95. The summed E-state index contributed by atoms with van der Waals surface area (Å²) in [6.45, 7) is 4.32. The molecule has 2 rings (SSSR count). The van der Waals surface area contributed by atoms with Crippen molar-refractivity contribution in [2.45, 2.75) is 20.3 Å². The minimum absolute atomic E-state index is 1.10.